The van der Waals surface area contributed by atoms with E-state index in [1.807, 2.05) is 25.2 Å². The number of benzene rings is 1. The van der Waals surface area contributed by atoms with Crippen LogP contribution in [0.4, 0.5) is 0 Å². The van der Waals surface area contributed by atoms with Crippen LogP contribution in [0.3, 0.4) is 0 Å². The second kappa shape index (κ2) is 7.95. The highest BCUT2D eigenvalue weighted by atomic mass is 16.2. The molecule has 0 heterocycles. The number of nitrogens with zero attached hydrogens (tertiary/aromatic N) is 1. The van der Waals surface area contributed by atoms with Gasteiger partial charge in [-0.15, -0.1) is 0 Å². The fourth-order valence-corrected chi connectivity index (χ4v) is 2.06. The average molecular weight is 262 g/mol. The maximum Gasteiger partial charge on any atom is 0.239 e. The van der Waals surface area contributed by atoms with Crippen molar-refractivity contribution in [2.75, 3.05) is 13.6 Å². The van der Waals surface area contributed by atoms with Crippen LogP contribution in [-0.2, 0) is 11.2 Å². The summed E-state index contributed by atoms with van der Waals surface area (Å²) in [6, 6.07) is 9.76. The summed E-state index contributed by atoms with van der Waals surface area (Å²) in [7, 11) is 1.84. The Bertz CT molecular complexity index is 378. The van der Waals surface area contributed by atoms with Crippen molar-refractivity contribution in [3.8, 4) is 0 Å². The molecule has 2 atom stereocenters. The van der Waals surface area contributed by atoms with Gasteiger partial charge in [-0.3, -0.25) is 4.79 Å². The summed E-state index contributed by atoms with van der Waals surface area (Å²) in [6.07, 6.45) is 2.63. The van der Waals surface area contributed by atoms with E-state index in [4.69, 9.17) is 5.73 Å². The highest BCUT2D eigenvalue weighted by molar-refractivity contribution is 5.81. The van der Waals surface area contributed by atoms with Gasteiger partial charge >= 0.3 is 0 Å². The second-order valence-electron chi connectivity index (χ2n) is 5.36. The van der Waals surface area contributed by atoms with Gasteiger partial charge in [0.25, 0.3) is 0 Å². The van der Waals surface area contributed by atoms with Crippen LogP contribution < -0.4 is 5.73 Å². The van der Waals surface area contributed by atoms with Gasteiger partial charge in [-0.1, -0.05) is 50.6 Å². The summed E-state index contributed by atoms with van der Waals surface area (Å²) in [4.78, 5) is 13.9. The lowest BCUT2D eigenvalue weighted by molar-refractivity contribution is -0.131. The Kier molecular flexibility index (Phi) is 6.57. The Morgan fingerprint density at radius 3 is 2.53 bits per heavy atom. The van der Waals surface area contributed by atoms with Crippen molar-refractivity contribution in [3.05, 3.63) is 35.9 Å². The first-order valence-electron chi connectivity index (χ1n) is 7.09. The first-order chi connectivity index (χ1) is 9.04. The zero-order chi connectivity index (χ0) is 14.3. The molecule has 0 fully saturated rings. The summed E-state index contributed by atoms with van der Waals surface area (Å²) >= 11 is 0. The molecule has 0 aromatic heterocycles. The van der Waals surface area contributed by atoms with E-state index >= 15 is 0 Å². The number of nitrogens with two attached hydrogens (primary N) is 1. The molecule has 1 rings (SSSR count). The standard InChI is InChI=1S/C16H26N2O/c1-4-13(2)12-18(3)16(19)15(17)11-10-14-8-6-5-7-9-14/h5-9,13,15H,4,10-12,17H2,1-3H3/t13?,15-/m0/s1. The molecule has 2 N–H and O–H groups in total. The van der Waals surface area contributed by atoms with E-state index in [-0.39, 0.29) is 5.91 Å². The molecular formula is C16H26N2O. The van der Waals surface area contributed by atoms with Gasteiger partial charge in [0.05, 0.1) is 6.04 Å². The van der Waals surface area contributed by atoms with Crippen LogP contribution in [0.5, 0.6) is 0 Å². The Morgan fingerprint density at radius 1 is 1.32 bits per heavy atom. The summed E-state index contributed by atoms with van der Waals surface area (Å²) < 4.78 is 0. The summed E-state index contributed by atoms with van der Waals surface area (Å²) in [5, 5.41) is 0. The zero-order valence-corrected chi connectivity index (χ0v) is 12.3. The molecule has 1 unspecified atom stereocenters. The zero-order valence-electron chi connectivity index (χ0n) is 12.3. The summed E-state index contributed by atoms with van der Waals surface area (Å²) in [5.74, 6) is 0.575. The fraction of sp³-hybridized carbons (Fsp3) is 0.562. The molecule has 0 saturated heterocycles. The van der Waals surface area contributed by atoms with Crippen molar-refractivity contribution in [2.24, 2.45) is 11.7 Å². The fourth-order valence-electron chi connectivity index (χ4n) is 2.06. The average Bonchev–Trinajstić information content (AvgIpc) is 2.44. The minimum atomic E-state index is -0.394. The van der Waals surface area contributed by atoms with Crippen LogP contribution in [0.1, 0.15) is 32.3 Å². The van der Waals surface area contributed by atoms with Gasteiger partial charge in [-0.05, 0) is 24.3 Å². The van der Waals surface area contributed by atoms with Crippen molar-refractivity contribution >= 4 is 5.91 Å². The number of rotatable bonds is 7. The first-order valence-corrected chi connectivity index (χ1v) is 7.09. The molecule has 3 nitrogen and oxygen atoms in total. The summed E-state index contributed by atoms with van der Waals surface area (Å²) in [5.41, 5.74) is 7.22. The lowest BCUT2D eigenvalue weighted by atomic mass is 10.0. The van der Waals surface area contributed by atoms with E-state index in [0.717, 1.165) is 19.4 Å². The van der Waals surface area contributed by atoms with Gasteiger partial charge in [-0.2, -0.15) is 0 Å². The van der Waals surface area contributed by atoms with E-state index < -0.39 is 6.04 Å². The van der Waals surface area contributed by atoms with Crippen LogP contribution in [0.25, 0.3) is 0 Å². The highest BCUT2D eigenvalue weighted by Crippen LogP contribution is 2.08. The Morgan fingerprint density at radius 2 is 1.95 bits per heavy atom. The van der Waals surface area contributed by atoms with Crippen molar-refractivity contribution in [1.82, 2.24) is 4.90 Å². The van der Waals surface area contributed by atoms with Crippen LogP contribution in [0.2, 0.25) is 0 Å². The number of likely N-dealkylation sites (N-methyl/N-ethyl adjacent to an activating group) is 1. The largest absolute Gasteiger partial charge is 0.344 e. The molecule has 0 spiro atoms. The predicted octanol–water partition coefficient (Wildman–Crippen LogP) is 2.45. The third-order valence-electron chi connectivity index (χ3n) is 3.56. The van der Waals surface area contributed by atoms with Crippen molar-refractivity contribution in [1.29, 1.82) is 0 Å². The van der Waals surface area contributed by atoms with Crippen molar-refractivity contribution < 1.29 is 4.79 Å². The van der Waals surface area contributed by atoms with Crippen LogP contribution in [0, 0.1) is 5.92 Å². The molecule has 0 bridgehead atoms. The minimum Gasteiger partial charge on any atom is -0.344 e. The number of aryl methyl sites for hydroxylation is 1. The number of carbonyl (C=O) groups is 1. The number of amides is 1. The number of hydrogen-bond donors (Lipinski definition) is 1. The van der Waals surface area contributed by atoms with Gasteiger partial charge < -0.3 is 10.6 Å². The van der Waals surface area contributed by atoms with Crippen LogP contribution >= 0.6 is 0 Å². The smallest absolute Gasteiger partial charge is 0.239 e. The quantitative estimate of drug-likeness (QED) is 0.820. The molecule has 0 aliphatic carbocycles. The molecule has 1 amide bonds. The minimum absolute atomic E-state index is 0.0521. The second-order valence-corrected chi connectivity index (χ2v) is 5.36. The number of hydrogen-bond acceptors (Lipinski definition) is 2. The lowest BCUT2D eigenvalue weighted by Crippen LogP contribution is -2.43. The highest BCUT2D eigenvalue weighted by Gasteiger charge is 2.18. The summed E-state index contributed by atoms with van der Waals surface area (Å²) in [6.45, 7) is 5.08. The molecule has 3 heteroatoms. The molecule has 1 aromatic rings. The van der Waals surface area contributed by atoms with Gasteiger partial charge in [0.15, 0.2) is 0 Å². The number of carbonyl (C=O) groups excluding carboxylic acids is 1. The van der Waals surface area contributed by atoms with Crippen LogP contribution in [-0.4, -0.2) is 30.4 Å². The van der Waals surface area contributed by atoms with Crippen molar-refractivity contribution in [2.45, 2.75) is 39.2 Å². The lowest BCUT2D eigenvalue weighted by Gasteiger charge is -2.24. The maximum absolute atomic E-state index is 12.1. The van der Waals surface area contributed by atoms with Gasteiger partial charge in [0, 0.05) is 13.6 Å². The monoisotopic (exact) mass is 262 g/mol. The van der Waals surface area contributed by atoms with E-state index in [0.29, 0.717) is 12.3 Å². The Labute approximate surface area is 116 Å². The van der Waals surface area contributed by atoms with E-state index in [9.17, 15) is 4.79 Å². The molecule has 0 aliphatic heterocycles. The molecule has 0 radical (unpaired) electrons. The topological polar surface area (TPSA) is 46.3 Å². The van der Waals surface area contributed by atoms with E-state index in [2.05, 4.69) is 26.0 Å². The maximum atomic E-state index is 12.1. The Balaban J connectivity index is 2.40. The molecule has 1 aromatic carbocycles. The third-order valence-corrected chi connectivity index (χ3v) is 3.56. The Hall–Kier alpha value is -1.35. The molecule has 0 aliphatic rings. The normalized spacial score (nSPS) is 13.9. The van der Waals surface area contributed by atoms with Crippen LogP contribution in [0.15, 0.2) is 30.3 Å². The third kappa shape index (κ3) is 5.43. The first kappa shape index (κ1) is 15.7. The van der Waals surface area contributed by atoms with Gasteiger partial charge in [0.2, 0.25) is 5.91 Å². The van der Waals surface area contributed by atoms with E-state index in [1.165, 1.54) is 5.56 Å². The van der Waals surface area contributed by atoms with Crippen molar-refractivity contribution in [3.63, 3.8) is 0 Å². The predicted molar refractivity (Wildman–Crippen MR) is 79.8 cm³/mol. The molecular weight excluding hydrogens is 236 g/mol. The van der Waals surface area contributed by atoms with Gasteiger partial charge in [-0.25, -0.2) is 0 Å². The molecule has 106 valence electrons. The SMILES string of the molecule is CCC(C)CN(C)C(=O)[C@@H](N)CCc1ccccc1. The van der Waals surface area contributed by atoms with Gasteiger partial charge in [0.1, 0.15) is 0 Å². The van der Waals surface area contributed by atoms with E-state index in [1.54, 1.807) is 4.90 Å². The molecule has 0 saturated carbocycles. The molecule has 19 heavy (non-hydrogen) atoms.